The molecule has 0 spiro atoms. The standard InChI is InChI=1S/C14H22N2O4S/c1-5-15-21(18,19)16-12(11-9-7-6-8-10-11)13(17)20-14(2,3)4/h6-10,12,15-16H,5H2,1-4H3/t12-/m0/s1. The van der Waals surface area contributed by atoms with E-state index in [0.717, 1.165) is 0 Å². The molecule has 0 radical (unpaired) electrons. The van der Waals surface area contributed by atoms with Gasteiger partial charge in [-0.1, -0.05) is 37.3 Å². The van der Waals surface area contributed by atoms with Crippen LogP contribution in [0.5, 0.6) is 0 Å². The van der Waals surface area contributed by atoms with Crippen LogP contribution in [0.1, 0.15) is 39.3 Å². The maximum Gasteiger partial charge on any atom is 0.329 e. The van der Waals surface area contributed by atoms with Crippen LogP contribution >= 0.6 is 0 Å². The SMILES string of the molecule is CCNS(=O)(=O)N[C@H](C(=O)OC(C)(C)C)c1ccccc1. The van der Waals surface area contributed by atoms with E-state index in [1.54, 1.807) is 58.0 Å². The monoisotopic (exact) mass is 314 g/mol. The van der Waals surface area contributed by atoms with Crippen molar-refractivity contribution >= 4 is 16.2 Å². The Balaban J connectivity index is 3.04. The second-order valence-corrected chi connectivity index (χ2v) is 7.03. The van der Waals surface area contributed by atoms with E-state index in [2.05, 4.69) is 9.44 Å². The Morgan fingerprint density at radius 3 is 2.29 bits per heavy atom. The van der Waals surface area contributed by atoms with Gasteiger partial charge in [-0.05, 0) is 26.3 Å². The summed E-state index contributed by atoms with van der Waals surface area (Å²) in [5.41, 5.74) is -0.179. The Labute approximate surface area is 126 Å². The van der Waals surface area contributed by atoms with Gasteiger partial charge in [0.1, 0.15) is 11.6 Å². The molecule has 1 atom stereocenters. The summed E-state index contributed by atoms with van der Waals surface area (Å²) >= 11 is 0. The van der Waals surface area contributed by atoms with E-state index in [9.17, 15) is 13.2 Å². The van der Waals surface area contributed by atoms with Gasteiger partial charge in [0.15, 0.2) is 0 Å². The van der Waals surface area contributed by atoms with Crippen molar-refractivity contribution in [3.63, 3.8) is 0 Å². The highest BCUT2D eigenvalue weighted by Gasteiger charge is 2.30. The maximum atomic E-state index is 12.3. The molecular weight excluding hydrogens is 292 g/mol. The van der Waals surface area contributed by atoms with Gasteiger partial charge < -0.3 is 4.74 Å². The van der Waals surface area contributed by atoms with Crippen LogP contribution in [0.25, 0.3) is 0 Å². The molecule has 0 fully saturated rings. The minimum atomic E-state index is -3.78. The topological polar surface area (TPSA) is 84.5 Å². The predicted octanol–water partition coefficient (Wildman–Crippen LogP) is 1.51. The Morgan fingerprint density at radius 2 is 1.81 bits per heavy atom. The van der Waals surface area contributed by atoms with Crippen molar-refractivity contribution < 1.29 is 17.9 Å². The number of benzene rings is 1. The molecule has 0 amide bonds. The summed E-state index contributed by atoms with van der Waals surface area (Å²) in [7, 11) is -3.78. The second kappa shape index (κ2) is 7.02. The normalized spacial score (nSPS) is 13.7. The molecule has 118 valence electrons. The van der Waals surface area contributed by atoms with Gasteiger partial charge >= 0.3 is 5.97 Å². The van der Waals surface area contributed by atoms with E-state index >= 15 is 0 Å². The Kier molecular flexibility index (Phi) is 5.88. The van der Waals surface area contributed by atoms with Crippen molar-refractivity contribution in [2.45, 2.75) is 39.3 Å². The van der Waals surface area contributed by atoms with E-state index in [0.29, 0.717) is 5.56 Å². The van der Waals surface area contributed by atoms with Gasteiger partial charge in [-0.15, -0.1) is 0 Å². The zero-order chi connectivity index (χ0) is 16.1. The van der Waals surface area contributed by atoms with Crippen LogP contribution in [-0.4, -0.2) is 26.5 Å². The summed E-state index contributed by atoms with van der Waals surface area (Å²) in [5.74, 6) is -0.643. The number of hydrogen-bond donors (Lipinski definition) is 2. The molecule has 1 aromatic rings. The number of nitrogens with one attached hydrogen (secondary N) is 2. The van der Waals surface area contributed by atoms with Gasteiger partial charge in [0.2, 0.25) is 0 Å². The number of carbonyl (C=O) groups excluding carboxylic acids is 1. The van der Waals surface area contributed by atoms with Gasteiger partial charge in [-0.2, -0.15) is 13.1 Å². The fourth-order valence-corrected chi connectivity index (χ4v) is 2.65. The molecule has 1 aromatic carbocycles. The zero-order valence-electron chi connectivity index (χ0n) is 12.7. The molecule has 0 saturated heterocycles. The summed E-state index contributed by atoms with van der Waals surface area (Å²) in [6.45, 7) is 7.07. The fourth-order valence-electron chi connectivity index (χ4n) is 1.65. The molecule has 1 rings (SSSR count). The van der Waals surface area contributed by atoms with Gasteiger partial charge in [0, 0.05) is 6.54 Å². The summed E-state index contributed by atoms with van der Waals surface area (Å²) < 4.78 is 33.6. The quantitative estimate of drug-likeness (QED) is 0.780. The third-order valence-electron chi connectivity index (χ3n) is 2.38. The lowest BCUT2D eigenvalue weighted by Crippen LogP contribution is -2.43. The van der Waals surface area contributed by atoms with Crippen molar-refractivity contribution in [3.8, 4) is 0 Å². The molecule has 2 N–H and O–H groups in total. The predicted molar refractivity (Wildman–Crippen MR) is 80.8 cm³/mol. The Morgan fingerprint density at radius 1 is 1.24 bits per heavy atom. The zero-order valence-corrected chi connectivity index (χ0v) is 13.5. The molecule has 0 aliphatic carbocycles. The lowest BCUT2D eigenvalue weighted by Gasteiger charge is -2.24. The number of hydrogen-bond acceptors (Lipinski definition) is 4. The van der Waals surface area contributed by atoms with Crippen LogP contribution in [0.3, 0.4) is 0 Å². The highest BCUT2D eigenvalue weighted by atomic mass is 32.2. The average molecular weight is 314 g/mol. The first-order valence-corrected chi connectivity index (χ1v) is 8.17. The van der Waals surface area contributed by atoms with Crippen molar-refractivity contribution in [1.29, 1.82) is 0 Å². The van der Waals surface area contributed by atoms with Crippen molar-refractivity contribution in [3.05, 3.63) is 35.9 Å². The van der Waals surface area contributed by atoms with Crippen LogP contribution in [0.2, 0.25) is 0 Å². The number of rotatable bonds is 6. The summed E-state index contributed by atoms with van der Waals surface area (Å²) in [6, 6.07) is 7.50. The summed E-state index contributed by atoms with van der Waals surface area (Å²) in [6.07, 6.45) is 0. The molecule has 0 saturated carbocycles. The van der Waals surface area contributed by atoms with E-state index in [1.807, 2.05) is 0 Å². The van der Waals surface area contributed by atoms with Gasteiger partial charge in [0.25, 0.3) is 10.2 Å². The van der Waals surface area contributed by atoms with Gasteiger partial charge in [-0.3, -0.25) is 0 Å². The smallest absolute Gasteiger partial charge is 0.329 e. The largest absolute Gasteiger partial charge is 0.459 e. The number of carbonyl (C=O) groups is 1. The average Bonchev–Trinajstić information content (AvgIpc) is 2.35. The molecule has 0 aromatic heterocycles. The minimum Gasteiger partial charge on any atom is -0.459 e. The molecular formula is C14H22N2O4S. The molecule has 0 heterocycles. The van der Waals surface area contributed by atoms with Crippen molar-refractivity contribution in [1.82, 2.24) is 9.44 Å². The molecule has 7 heteroatoms. The van der Waals surface area contributed by atoms with Crippen molar-refractivity contribution in [2.75, 3.05) is 6.54 Å². The first-order valence-electron chi connectivity index (χ1n) is 6.69. The van der Waals surface area contributed by atoms with E-state index in [1.165, 1.54) is 0 Å². The number of ether oxygens (including phenoxy) is 1. The summed E-state index contributed by atoms with van der Waals surface area (Å²) in [5, 5.41) is 0. The minimum absolute atomic E-state index is 0.227. The Bertz CT molecular complexity index is 564. The van der Waals surface area contributed by atoms with Crippen LogP contribution < -0.4 is 9.44 Å². The molecule has 6 nitrogen and oxygen atoms in total. The maximum absolute atomic E-state index is 12.3. The second-order valence-electron chi connectivity index (χ2n) is 5.50. The molecule has 21 heavy (non-hydrogen) atoms. The van der Waals surface area contributed by atoms with Gasteiger partial charge in [0.05, 0.1) is 0 Å². The molecule has 0 unspecified atom stereocenters. The van der Waals surface area contributed by atoms with Gasteiger partial charge in [-0.25, -0.2) is 9.52 Å². The molecule has 0 bridgehead atoms. The van der Waals surface area contributed by atoms with E-state index in [-0.39, 0.29) is 6.54 Å². The molecule has 0 aliphatic heterocycles. The number of esters is 1. The summed E-state index contributed by atoms with van der Waals surface area (Å²) in [4.78, 5) is 12.3. The Hall–Kier alpha value is -1.44. The van der Waals surface area contributed by atoms with Crippen molar-refractivity contribution in [2.24, 2.45) is 0 Å². The third kappa shape index (κ3) is 6.24. The molecule has 0 aliphatic rings. The highest BCUT2D eigenvalue weighted by Crippen LogP contribution is 2.19. The van der Waals surface area contributed by atoms with E-state index in [4.69, 9.17) is 4.74 Å². The van der Waals surface area contributed by atoms with Crippen LogP contribution in [0, 0.1) is 0 Å². The fraction of sp³-hybridized carbons (Fsp3) is 0.500. The third-order valence-corrected chi connectivity index (χ3v) is 3.60. The first kappa shape index (κ1) is 17.6. The first-order chi connectivity index (χ1) is 9.64. The van der Waals surface area contributed by atoms with Crippen LogP contribution in [-0.2, 0) is 19.7 Å². The lowest BCUT2D eigenvalue weighted by atomic mass is 10.1. The highest BCUT2D eigenvalue weighted by molar-refractivity contribution is 7.87. The van der Waals surface area contributed by atoms with E-state index < -0.39 is 27.8 Å². The van der Waals surface area contributed by atoms with Crippen LogP contribution in [0.15, 0.2) is 30.3 Å². The lowest BCUT2D eigenvalue weighted by molar-refractivity contribution is -0.157. The van der Waals surface area contributed by atoms with Crippen LogP contribution in [0.4, 0.5) is 0 Å².